The molecule has 0 spiro atoms. The summed E-state index contributed by atoms with van der Waals surface area (Å²) in [6.45, 7) is 4.08. The van der Waals surface area contributed by atoms with E-state index in [4.69, 9.17) is 16.0 Å². The van der Waals surface area contributed by atoms with E-state index in [1.54, 1.807) is 41.3 Å². The molecule has 3 rings (SSSR count). The third kappa shape index (κ3) is 5.00. The second-order valence-corrected chi connectivity index (χ2v) is 6.44. The van der Waals surface area contributed by atoms with Gasteiger partial charge in [-0.05, 0) is 30.3 Å². The smallest absolute Gasteiger partial charge is 0.319 e. The minimum Gasteiger partial charge on any atom is -0.459 e. The van der Waals surface area contributed by atoms with Crippen molar-refractivity contribution in [1.29, 1.82) is 0 Å². The first kappa shape index (κ1) is 18.3. The van der Waals surface area contributed by atoms with Crippen molar-refractivity contribution in [3.05, 3.63) is 53.4 Å². The number of amides is 3. The van der Waals surface area contributed by atoms with E-state index in [9.17, 15) is 9.59 Å². The Morgan fingerprint density at radius 3 is 2.62 bits per heavy atom. The van der Waals surface area contributed by atoms with Crippen LogP contribution in [0.4, 0.5) is 10.5 Å². The molecule has 8 heteroatoms. The Hall–Kier alpha value is -2.51. The van der Waals surface area contributed by atoms with Crippen LogP contribution in [0.1, 0.15) is 10.6 Å². The Morgan fingerprint density at radius 1 is 1.12 bits per heavy atom. The first-order valence-electron chi connectivity index (χ1n) is 8.47. The highest BCUT2D eigenvalue weighted by Crippen LogP contribution is 2.14. The highest BCUT2D eigenvalue weighted by Gasteiger charge is 2.23. The van der Waals surface area contributed by atoms with Crippen molar-refractivity contribution in [3.8, 4) is 0 Å². The summed E-state index contributed by atoms with van der Waals surface area (Å²) in [7, 11) is 0. The van der Waals surface area contributed by atoms with Crippen molar-refractivity contribution >= 4 is 29.2 Å². The molecule has 2 aromatic rings. The van der Waals surface area contributed by atoms with Gasteiger partial charge < -0.3 is 20.0 Å². The van der Waals surface area contributed by atoms with Crippen molar-refractivity contribution in [3.63, 3.8) is 0 Å². The standard InChI is InChI=1S/C18H21ClN4O3/c19-14-3-1-4-15(13-14)21-18(25)20-6-7-22-8-10-23(11-9-22)17(24)16-5-2-12-26-16/h1-5,12-13H,6-11H2,(H2,20,21,25). The highest BCUT2D eigenvalue weighted by atomic mass is 35.5. The van der Waals surface area contributed by atoms with Crippen molar-refractivity contribution in [2.24, 2.45) is 0 Å². The predicted octanol–water partition coefficient (Wildman–Crippen LogP) is 2.51. The predicted molar refractivity (Wildman–Crippen MR) is 99.5 cm³/mol. The topological polar surface area (TPSA) is 77.8 Å². The van der Waals surface area contributed by atoms with E-state index < -0.39 is 0 Å². The zero-order valence-electron chi connectivity index (χ0n) is 14.3. The number of rotatable bonds is 5. The number of hydrogen-bond donors (Lipinski definition) is 2. The van der Waals surface area contributed by atoms with Crippen LogP contribution in [0.5, 0.6) is 0 Å². The van der Waals surface area contributed by atoms with Crippen molar-refractivity contribution in [1.82, 2.24) is 15.1 Å². The molecule has 0 atom stereocenters. The number of furan rings is 1. The van der Waals surface area contributed by atoms with Gasteiger partial charge >= 0.3 is 6.03 Å². The zero-order valence-corrected chi connectivity index (χ0v) is 15.0. The van der Waals surface area contributed by atoms with Gasteiger partial charge in [-0.15, -0.1) is 0 Å². The number of nitrogens with zero attached hydrogens (tertiary/aromatic N) is 2. The van der Waals surface area contributed by atoms with Gasteiger partial charge in [0, 0.05) is 50.0 Å². The fourth-order valence-electron chi connectivity index (χ4n) is 2.80. The van der Waals surface area contributed by atoms with Gasteiger partial charge in [0.2, 0.25) is 0 Å². The first-order chi connectivity index (χ1) is 12.6. The molecule has 138 valence electrons. The van der Waals surface area contributed by atoms with Crippen LogP contribution in [0.25, 0.3) is 0 Å². The molecule has 0 aliphatic carbocycles. The Balaban J connectivity index is 1.35. The lowest BCUT2D eigenvalue weighted by atomic mass is 10.3. The number of urea groups is 1. The number of benzene rings is 1. The summed E-state index contributed by atoms with van der Waals surface area (Å²) in [6, 6.07) is 10.1. The van der Waals surface area contributed by atoms with Gasteiger partial charge in [-0.2, -0.15) is 0 Å². The van der Waals surface area contributed by atoms with Crippen LogP contribution in [0.2, 0.25) is 5.02 Å². The number of piperazine rings is 1. The average molecular weight is 377 g/mol. The summed E-state index contributed by atoms with van der Waals surface area (Å²) in [6.07, 6.45) is 1.50. The minimum atomic E-state index is -0.265. The molecule has 7 nitrogen and oxygen atoms in total. The molecule has 1 aromatic carbocycles. The lowest BCUT2D eigenvalue weighted by Crippen LogP contribution is -2.50. The van der Waals surface area contributed by atoms with E-state index in [0.29, 0.717) is 36.1 Å². The number of anilines is 1. The molecule has 26 heavy (non-hydrogen) atoms. The van der Waals surface area contributed by atoms with Gasteiger partial charge in [-0.1, -0.05) is 17.7 Å². The molecule has 0 radical (unpaired) electrons. The van der Waals surface area contributed by atoms with E-state index in [1.807, 2.05) is 0 Å². The van der Waals surface area contributed by atoms with E-state index in [-0.39, 0.29) is 11.9 Å². The third-order valence-electron chi connectivity index (χ3n) is 4.19. The number of halogens is 1. The maximum absolute atomic E-state index is 12.2. The molecule has 1 aliphatic heterocycles. The Labute approximate surface area is 156 Å². The molecule has 0 unspecified atom stereocenters. The van der Waals surface area contributed by atoms with E-state index >= 15 is 0 Å². The maximum atomic E-state index is 12.2. The maximum Gasteiger partial charge on any atom is 0.319 e. The molecule has 0 bridgehead atoms. The Bertz CT molecular complexity index is 743. The second-order valence-electron chi connectivity index (χ2n) is 6.00. The molecular weight excluding hydrogens is 356 g/mol. The van der Waals surface area contributed by atoms with Crippen LogP contribution in [0.3, 0.4) is 0 Å². The molecule has 1 saturated heterocycles. The molecule has 0 saturated carbocycles. The summed E-state index contributed by atoms with van der Waals surface area (Å²) in [4.78, 5) is 28.1. The van der Waals surface area contributed by atoms with Gasteiger partial charge in [0.1, 0.15) is 0 Å². The molecule has 1 fully saturated rings. The van der Waals surface area contributed by atoms with Crippen LogP contribution in [0.15, 0.2) is 47.1 Å². The van der Waals surface area contributed by atoms with Crippen molar-refractivity contribution < 1.29 is 14.0 Å². The summed E-state index contributed by atoms with van der Waals surface area (Å²) >= 11 is 5.89. The van der Waals surface area contributed by atoms with Crippen LogP contribution in [-0.4, -0.2) is 61.0 Å². The SMILES string of the molecule is O=C(NCCN1CCN(C(=O)c2ccco2)CC1)Nc1cccc(Cl)c1. The second kappa shape index (κ2) is 8.73. The average Bonchev–Trinajstić information content (AvgIpc) is 3.16. The summed E-state index contributed by atoms with van der Waals surface area (Å²) in [5, 5.41) is 6.14. The molecule has 2 N–H and O–H groups in total. The number of carbonyl (C=O) groups excluding carboxylic acids is 2. The largest absolute Gasteiger partial charge is 0.459 e. The van der Waals surface area contributed by atoms with Crippen LogP contribution in [0, 0.1) is 0 Å². The van der Waals surface area contributed by atoms with E-state index in [2.05, 4.69) is 15.5 Å². The quantitative estimate of drug-likeness (QED) is 0.840. The highest BCUT2D eigenvalue weighted by molar-refractivity contribution is 6.30. The molecule has 2 heterocycles. The van der Waals surface area contributed by atoms with Crippen LogP contribution < -0.4 is 10.6 Å². The van der Waals surface area contributed by atoms with Crippen LogP contribution in [-0.2, 0) is 0 Å². The van der Waals surface area contributed by atoms with Gasteiger partial charge in [-0.25, -0.2) is 4.79 Å². The molecular formula is C18H21ClN4O3. The monoisotopic (exact) mass is 376 g/mol. The van der Waals surface area contributed by atoms with Gasteiger partial charge in [0.15, 0.2) is 5.76 Å². The van der Waals surface area contributed by atoms with Gasteiger partial charge in [0.25, 0.3) is 5.91 Å². The normalized spacial score (nSPS) is 14.9. The first-order valence-corrected chi connectivity index (χ1v) is 8.85. The number of nitrogens with one attached hydrogen (secondary N) is 2. The number of hydrogen-bond acceptors (Lipinski definition) is 4. The van der Waals surface area contributed by atoms with Crippen molar-refractivity contribution in [2.45, 2.75) is 0 Å². The lowest BCUT2D eigenvalue weighted by Gasteiger charge is -2.34. The summed E-state index contributed by atoms with van der Waals surface area (Å²) < 4.78 is 5.16. The lowest BCUT2D eigenvalue weighted by molar-refractivity contribution is 0.0608. The third-order valence-corrected chi connectivity index (χ3v) is 4.42. The minimum absolute atomic E-state index is 0.0753. The van der Waals surface area contributed by atoms with Gasteiger partial charge in [0.05, 0.1) is 6.26 Å². The number of carbonyl (C=O) groups is 2. The molecule has 3 amide bonds. The van der Waals surface area contributed by atoms with E-state index in [0.717, 1.165) is 19.6 Å². The van der Waals surface area contributed by atoms with Crippen molar-refractivity contribution in [2.75, 3.05) is 44.6 Å². The van der Waals surface area contributed by atoms with E-state index in [1.165, 1.54) is 6.26 Å². The fraction of sp³-hybridized carbons (Fsp3) is 0.333. The zero-order chi connectivity index (χ0) is 18.4. The van der Waals surface area contributed by atoms with Crippen LogP contribution >= 0.6 is 11.6 Å². The summed E-state index contributed by atoms with van der Waals surface area (Å²) in [5.41, 5.74) is 0.653. The Kier molecular flexibility index (Phi) is 6.14. The van der Waals surface area contributed by atoms with Gasteiger partial charge in [-0.3, -0.25) is 9.69 Å². The molecule has 1 aromatic heterocycles. The molecule has 1 aliphatic rings. The fourth-order valence-corrected chi connectivity index (χ4v) is 2.99. The summed E-state index contributed by atoms with van der Waals surface area (Å²) in [5.74, 6) is 0.298. The Morgan fingerprint density at radius 2 is 1.92 bits per heavy atom.